The number of hydrogen-bond acceptors (Lipinski definition) is 5. The molecule has 2 bridgehead atoms. The van der Waals surface area contributed by atoms with Gasteiger partial charge in [0.15, 0.2) is 5.13 Å². The first-order valence-electron chi connectivity index (χ1n) is 10.0. The molecule has 1 aliphatic heterocycles. The number of nitrogens with zero attached hydrogens (tertiary/aromatic N) is 1. The number of rotatable bonds is 5. The van der Waals surface area contributed by atoms with Crippen LogP contribution in [0.25, 0.3) is 0 Å². The minimum atomic E-state index is -0.217. The van der Waals surface area contributed by atoms with Gasteiger partial charge in [0.25, 0.3) is 0 Å². The second kappa shape index (κ2) is 6.81. The lowest BCUT2D eigenvalue weighted by molar-refractivity contribution is -0.134. The van der Waals surface area contributed by atoms with Crippen molar-refractivity contribution in [3.63, 3.8) is 0 Å². The third-order valence-electron chi connectivity index (χ3n) is 7.34. The lowest BCUT2D eigenvalue weighted by Crippen LogP contribution is -2.46. The molecule has 2 amide bonds. The number of aromatic nitrogens is 1. The first-order chi connectivity index (χ1) is 13.1. The van der Waals surface area contributed by atoms with Crippen molar-refractivity contribution in [3.8, 4) is 0 Å². The Morgan fingerprint density at radius 3 is 2.56 bits per heavy atom. The van der Waals surface area contributed by atoms with Crippen LogP contribution < -0.4 is 16.0 Å². The van der Waals surface area contributed by atoms with E-state index in [1.54, 1.807) is 6.20 Å². The Hall–Kier alpha value is -0.990. The first kappa shape index (κ1) is 18.1. The van der Waals surface area contributed by atoms with Gasteiger partial charge >= 0.3 is 0 Å². The molecule has 4 aliphatic rings. The van der Waals surface area contributed by atoms with Crippen LogP contribution in [0.1, 0.15) is 38.5 Å². The Balaban J connectivity index is 1.33. The van der Waals surface area contributed by atoms with Gasteiger partial charge in [-0.15, -0.1) is 0 Å². The van der Waals surface area contributed by atoms with E-state index in [1.807, 2.05) is 0 Å². The third kappa shape index (κ3) is 3.04. The van der Waals surface area contributed by atoms with Crippen LogP contribution in [0.3, 0.4) is 0 Å². The van der Waals surface area contributed by atoms with Crippen LogP contribution in [0.2, 0.25) is 0 Å². The lowest BCUT2D eigenvalue weighted by Gasteiger charge is -2.29. The van der Waals surface area contributed by atoms with Crippen molar-refractivity contribution in [2.24, 2.45) is 29.1 Å². The summed E-state index contributed by atoms with van der Waals surface area (Å²) >= 11 is 4.80. The summed E-state index contributed by atoms with van der Waals surface area (Å²) in [7, 11) is 0. The van der Waals surface area contributed by atoms with E-state index in [-0.39, 0.29) is 29.1 Å². The summed E-state index contributed by atoms with van der Waals surface area (Å²) in [5.74, 6) is 0.391. The van der Waals surface area contributed by atoms with E-state index in [2.05, 4.69) is 36.9 Å². The van der Waals surface area contributed by atoms with Crippen LogP contribution >= 0.6 is 27.3 Å². The number of carbonyl (C=O) groups is 2. The van der Waals surface area contributed by atoms with Crippen molar-refractivity contribution >= 4 is 44.2 Å². The van der Waals surface area contributed by atoms with E-state index in [1.165, 1.54) is 30.6 Å². The second-order valence-corrected chi connectivity index (χ2v) is 11.0. The van der Waals surface area contributed by atoms with Gasteiger partial charge in [0, 0.05) is 12.6 Å². The predicted octanol–water partition coefficient (Wildman–Crippen LogP) is 2.76. The zero-order chi connectivity index (χ0) is 18.6. The summed E-state index contributed by atoms with van der Waals surface area (Å²) in [6.07, 6.45) is 8.53. The van der Waals surface area contributed by atoms with Gasteiger partial charge in [-0.3, -0.25) is 9.59 Å². The third-order valence-corrected chi connectivity index (χ3v) is 8.74. The molecule has 3 N–H and O–H groups in total. The van der Waals surface area contributed by atoms with Crippen molar-refractivity contribution in [1.82, 2.24) is 15.6 Å². The first-order valence-corrected chi connectivity index (χ1v) is 11.6. The summed E-state index contributed by atoms with van der Waals surface area (Å²) in [6.45, 7) is 1.71. The molecule has 5 atom stereocenters. The highest BCUT2D eigenvalue weighted by Gasteiger charge is 2.71. The Labute approximate surface area is 171 Å². The largest absolute Gasteiger partial charge is 0.354 e. The Bertz CT molecular complexity index is 759. The molecule has 5 rings (SSSR count). The van der Waals surface area contributed by atoms with Crippen LogP contribution in [0.4, 0.5) is 5.13 Å². The van der Waals surface area contributed by atoms with Gasteiger partial charge in [0.1, 0.15) is 0 Å². The molecule has 1 saturated heterocycles. The Kier molecular flexibility index (Phi) is 4.56. The quantitative estimate of drug-likeness (QED) is 0.641. The highest BCUT2D eigenvalue weighted by atomic mass is 79.9. The summed E-state index contributed by atoms with van der Waals surface area (Å²) in [6, 6.07) is 0.377. The number of carbonyl (C=O) groups excluding carboxylic acids is 2. The molecule has 1 spiro atoms. The summed E-state index contributed by atoms with van der Waals surface area (Å²) < 4.78 is 0.891. The minimum Gasteiger partial charge on any atom is -0.354 e. The fourth-order valence-electron chi connectivity index (χ4n) is 6.13. The van der Waals surface area contributed by atoms with Gasteiger partial charge in [-0.1, -0.05) is 11.3 Å². The van der Waals surface area contributed by atoms with Gasteiger partial charge in [-0.05, 0) is 78.3 Å². The maximum Gasteiger partial charge on any atom is 0.230 e. The van der Waals surface area contributed by atoms with Crippen LogP contribution in [0, 0.1) is 29.1 Å². The van der Waals surface area contributed by atoms with Crippen molar-refractivity contribution in [2.75, 3.05) is 18.4 Å². The molecule has 1 aromatic heterocycles. The molecule has 2 heterocycles. The summed E-state index contributed by atoms with van der Waals surface area (Å²) in [5, 5.41) is 10.2. The van der Waals surface area contributed by atoms with Crippen molar-refractivity contribution < 1.29 is 9.59 Å². The number of anilines is 1. The van der Waals surface area contributed by atoms with Gasteiger partial charge in [-0.25, -0.2) is 4.98 Å². The van der Waals surface area contributed by atoms with Crippen LogP contribution in [0.15, 0.2) is 9.98 Å². The zero-order valence-electron chi connectivity index (χ0n) is 15.2. The number of hydrogen-bond donors (Lipinski definition) is 3. The number of halogens is 1. The maximum absolute atomic E-state index is 13.2. The zero-order valence-corrected chi connectivity index (χ0v) is 17.6. The highest BCUT2D eigenvalue weighted by molar-refractivity contribution is 9.11. The molecule has 1 unspecified atom stereocenters. The van der Waals surface area contributed by atoms with Crippen LogP contribution in [0.5, 0.6) is 0 Å². The van der Waals surface area contributed by atoms with E-state index >= 15 is 0 Å². The Morgan fingerprint density at radius 1 is 1.22 bits per heavy atom. The van der Waals surface area contributed by atoms with Crippen molar-refractivity contribution in [2.45, 2.75) is 44.6 Å². The normalized spacial score (nSPS) is 35.5. The smallest absolute Gasteiger partial charge is 0.230 e. The van der Waals surface area contributed by atoms with Crippen LogP contribution in [-0.4, -0.2) is 35.9 Å². The van der Waals surface area contributed by atoms with Gasteiger partial charge in [0.2, 0.25) is 11.8 Å². The highest BCUT2D eigenvalue weighted by Crippen LogP contribution is 2.74. The van der Waals surface area contributed by atoms with Crippen molar-refractivity contribution in [1.29, 1.82) is 0 Å². The molecule has 146 valence electrons. The molecule has 4 fully saturated rings. The minimum absolute atomic E-state index is 0.0190. The fraction of sp³-hybridized carbons (Fsp3) is 0.737. The second-order valence-electron chi connectivity index (χ2n) is 8.57. The van der Waals surface area contributed by atoms with Gasteiger partial charge < -0.3 is 16.0 Å². The maximum atomic E-state index is 13.2. The molecule has 1 aromatic rings. The average Bonchev–Trinajstić information content (AvgIpc) is 2.96. The van der Waals surface area contributed by atoms with E-state index in [4.69, 9.17) is 0 Å². The van der Waals surface area contributed by atoms with E-state index in [0.29, 0.717) is 29.6 Å². The van der Waals surface area contributed by atoms with Gasteiger partial charge in [-0.2, -0.15) is 0 Å². The van der Waals surface area contributed by atoms with E-state index in [9.17, 15) is 9.59 Å². The molecular weight excluding hydrogens is 428 g/mol. The molecule has 3 aliphatic carbocycles. The molecule has 3 saturated carbocycles. The van der Waals surface area contributed by atoms with Gasteiger partial charge in [0.05, 0.1) is 21.8 Å². The Morgan fingerprint density at radius 2 is 1.96 bits per heavy atom. The fourth-order valence-corrected chi connectivity index (χ4v) is 7.24. The molecular formula is C19H25BrN4O2S. The average molecular weight is 453 g/mol. The number of thiazole rings is 1. The van der Waals surface area contributed by atoms with E-state index in [0.717, 1.165) is 29.6 Å². The number of amides is 2. The molecule has 0 radical (unpaired) electrons. The summed E-state index contributed by atoms with van der Waals surface area (Å²) in [5.41, 5.74) is 0.263. The van der Waals surface area contributed by atoms with Crippen LogP contribution in [-0.2, 0) is 9.59 Å². The molecule has 0 aromatic carbocycles. The topological polar surface area (TPSA) is 83.1 Å². The lowest BCUT2D eigenvalue weighted by atomic mass is 9.78. The van der Waals surface area contributed by atoms with Crippen molar-refractivity contribution in [3.05, 3.63) is 9.98 Å². The monoisotopic (exact) mass is 452 g/mol. The molecule has 6 nitrogen and oxygen atoms in total. The molecule has 27 heavy (non-hydrogen) atoms. The number of nitrogens with one attached hydrogen (secondary N) is 3. The van der Waals surface area contributed by atoms with E-state index < -0.39 is 0 Å². The summed E-state index contributed by atoms with van der Waals surface area (Å²) in [4.78, 5) is 30.5. The SMILES string of the molecule is O=C(NCC1CCCN1)[C@H]1[C@H](C(=O)Nc2ncc(Br)s2)[C@@H]2CC[C@H]1C21CC1. The standard InChI is InChI=1S/C19H25BrN4O2S/c20-13-9-23-18(27-13)24-17(26)15-12-4-3-11(19(12)5-6-19)14(15)16(25)22-8-10-2-1-7-21-10/h9-12,14-15,21H,1-8H2,(H,22,25)(H,23,24,26)/t10?,11-,12+,14-,15-/m1/s1. The molecule has 8 heteroatoms. The predicted molar refractivity (Wildman–Crippen MR) is 107 cm³/mol.